The van der Waals surface area contributed by atoms with E-state index < -0.39 is 10.0 Å². The predicted molar refractivity (Wildman–Crippen MR) is 100 cm³/mol. The molecule has 0 radical (unpaired) electrons. The number of ether oxygens (including phenoxy) is 1. The van der Waals surface area contributed by atoms with E-state index in [0.717, 1.165) is 12.8 Å². The second kappa shape index (κ2) is 8.20. The molecule has 138 valence electrons. The number of ketones is 1. The maximum absolute atomic E-state index is 12.5. The van der Waals surface area contributed by atoms with Gasteiger partial charge in [0.1, 0.15) is 10.6 Å². The summed E-state index contributed by atoms with van der Waals surface area (Å²) in [5.41, 5.74) is 0.524. The van der Waals surface area contributed by atoms with Crippen molar-refractivity contribution in [2.24, 2.45) is 0 Å². The lowest BCUT2D eigenvalue weighted by atomic mass is 10.1. The summed E-state index contributed by atoms with van der Waals surface area (Å²) in [6.45, 7) is 1.12. The van der Waals surface area contributed by atoms with E-state index >= 15 is 0 Å². The van der Waals surface area contributed by atoms with E-state index in [1.165, 1.54) is 29.4 Å². The van der Waals surface area contributed by atoms with E-state index in [1.54, 1.807) is 30.3 Å². The summed E-state index contributed by atoms with van der Waals surface area (Å²) in [5, 5.41) is 0.605. The molecule has 0 atom stereocenters. The van der Waals surface area contributed by atoms with Crippen molar-refractivity contribution in [3.8, 4) is 5.75 Å². The summed E-state index contributed by atoms with van der Waals surface area (Å²) in [6, 6.07) is 10.3. The van der Waals surface area contributed by atoms with E-state index in [0.29, 0.717) is 29.4 Å². The molecule has 6 nitrogen and oxygen atoms in total. The number of benzene rings is 1. The molecular formula is C18H20N2O4S2. The number of thioether (sulfide) groups is 1. The fourth-order valence-electron chi connectivity index (χ4n) is 2.77. The van der Waals surface area contributed by atoms with E-state index in [1.807, 2.05) is 6.07 Å². The van der Waals surface area contributed by atoms with Crippen LogP contribution >= 0.6 is 11.8 Å². The number of hydrogen-bond acceptors (Lipinski definition) is 6. The standard InChI is InChI=1S/C18H20N2O4S2/c1-24-17-7-3-2-6-15(17)16(21)13-25-18-9-8-14(12-19-18)26(22,23)20-10-4-5-11-20/h2-3,6-9,12H,4-5,10-11,13H2,1H3. The number of sulfonamides is 1. The minimum Gasteiger partial charge on any atom is -0.496 e. The summed E-state index contributed by atoms with van der Waals surface area (Å²) in [7, 11) is -1.93. The van der Waals surface area contributed by atoms with E-state index in [4.69, 9.17) is 4.74 Å². The topological polar surface area (TPSA) is 76.6 Å². The Morgan fingerprint density at radius 3 is 2.58 bits per heavy atom. The van der Waals surface area contributed by atoms with Crippen LogP contribution in [0.1, 0.15) is 23.2 Å². The summed E-state index contributed by atoms with van der Waals surface area (Å²) in [6.07, 6.45) is 3.15. The van der Waals surface area contributed by atoms with Crippen LogP contribution in [0.15, 0.2) is 52.5 Å². The smallest absolute Gasteiger partial charge is 0.244 e. The van der Waals surface area contributed by atoms with E-state index in [9.17, 15) is 13.2 Å². The van der Waals surface area contributed by atoms with Crippen LogP contribution in [-0.2, 0) is 10.0 Å². The Balaban J connectivity index is 1.65. The van der Waals surface area contributed by atoms with Crippen LogP contribution in [0.5, 0.6) is 5.75 Å². The normalized spacial score (nSPS) is 15.1. The molecular weight excluding hydrogens is 372 g/mol. The van der Waals surface area contributed by atoms with Gasteiger partial charge in [0.05, 0.1) is 23.5 Å². The van der Waals surface area contributed by atoms with Crippen molar-refractivity contribution >= 4 is 27.6 Å². The third-order valence-electron chi connectivity index (χ3n) is 4.17. The highest BCUT2D eigenvalue weighted by atomic mass is 32.2. The second-order valence-corrected chi connectivity index (χ2v) is 8.79. The lowest BCUT2D eigenvalue weighted by molar-refractivity contribution is 0.101. The van der Waals surface area contributed by atoms with Crippen LogP contribution in [0.2, 0.25) is 0 Å². The third kappa shape index (κ3) is 4.08. The quantitative estimate of drug-likeness (QED) is 0.533. The molecule has 2 heterocycles. The van der Waals surface area contributed by atoms with Gasteiger partial charge in [-0.2, -0.15) is 4.31 Å². The Kier molecular flexibility index (Phi) is 5.95. The molecule has 0 unspecified atom stereocenters. The number of hydrogen-bond donors (Lipinski definition) is 0. The average molecular weight is 393 g/mol. The van der Waals surface area contributed by atoms with Crippen LogP contribution in [0, 0.1) is 0 Å². The molecule has 8 heteroatoms. The Morgan fingerprint density at radius 2 is 1.92 bits per heavy atom. The molecule has 0 amide bonds. The van der Waals surface area contributed by atoms with Gasteiger partial charge in [-0.25, -0.2) is 13.4 Å². The number of aromatic nitrogens is 1. The van der Waals surface area contributed by atoms with Crippen molar-refractivity contribution in [3.63, 3.8) is 0 Å². The highest BCUT2D eigenvalue weighted by Gasteiger charge is 2.27. The monoisotopic (exact) mass is 392 g/mol. The Morgan fingerprint density at radius 1 is 1.19 bits per heavy atom. The Hall–Kier alpha value is -1.90. The van der Waals surface area contributed by atoms with Gasteiger partial charge in [-0.15, -0.1) is 0 Å². The first-order valence-corrected chi connectivity index (χ1v) is 10.7. The van der Waals surface area contributed by atoms with Gasteiger partial charge in [0, 0.05) is 19.3 Å². The minimum atomic E-state index is -3.46. The molecule has 0 spiro atoms. The van der Waals surface area contributed by atoms with Crippen molar-refractivity contribution in [2.45, 2.75) is 22.8 Å². The largest absolute Gasteiger partial charge is 0.496 e. The highest BCUT2D eigenvalue weighted by molar-refractivity contribution is 7.99. The van der Waals surface area contributed by atoms with Crippen molar-refractivity contribution in [1.29, 1.82) is 0 Å². The van der Waals surface area contributed by atoms with Crippen molar-refractivity contribution in [1.82, 2.24) is 9.29 Å². The van der Waals surface area contributed by atoms with Gasteiger partial charge in [-0.05, 0) is 37.1 Å². The van der Waals surface area contributed by atoms with Gasteiger partial charge in [0.15, 0.2) is 5.78 Å². The van der Waals surface area contributed by atoms with Crippen molar-refractivity contribution < 1.29 is 17.9 Å². The number of carbonyl (C=O) groups is 1. The first kappa shape index (κ1) is 18.9. The number of Topliss-reactive ketones (excluding diaryl/α,β-unsaturated/α-hetero) is 1. The minimum absolute atomic E-state index is 0.0667. The van der Waals surface area contributed by atoms with Crippen LogP contribution in [0.25, 0.3) is 0 Å². The number of carbonyl (C=O) groups excluding carboxylic acids is 1. The average Bonchev–Trinajstić information content (AvgIpc) is 3.22. The number of methoxy groups -OCH3 is 1. The summed E-state index contributed by atoms with van der Waals surface area (Å²) < 4.78 is 31.6. The van der Waals surface area contributed by atoms with Gasteiger partial charge in [-0.1, -0.05) is 23.9 Å². The zero-order valence-corrected chi connectivity index (χ0v) is 16.1. The van der Waals surface area contributed by atoms with Crippen LogP contribution in [-0.4, -0.2) is 49.4 Å². The predicted octanol–water partition coefficient (Wildman–Crippen LogP) is 2.85. The molecule has 2 aromatic rings. The number of rotatable bonds is 7. The number of nitrogens with zero attached hydrogens (tertiary/aromatic N) is 2. The van der Waals surface area contributed by atoms with Crippen LogP contribution < -0.4 is 4.74 Å². The van der Waals surface area contributed by atoms with Crippen LogP contribution in [0.3, 0.4) is 0 Å². The first-order valence-electron chi connectivity index (χ1n) is 8.27. The van der Waals surface area contributed by atoms with Crippen LogP contribution in [0.4, 0.5) is 0 Å². The Bertz CT molecular complexity index is 876. The Labute approximate surface area is 157 Å². The van der Waals surface area contributed by atoms with Gasteiger partial charge in [-0.3, -0.25) is 4.79 Å². The summed E-state index contributed by atoms with van der Waals surface area (Å²) in [4.78, 5) is 16.8. The molecule has 3 rings (SSSR count). The fraction of sp³-hybridized carbons (Fsp3) is 0.333. The van der Waals surface area contributed by atoms with Gasteiger partial charge < -0.3 is 4.74 Å². The molecule has 0 aliphatic carbocycles. The first-order chi connectivity index (χ1) is 12.5. The lowest BCUT2D eigenvalue weighted by Crippen LogP contribution is -2.27. The molecule has 1 fully saturated rings. The van der Waals surface area contributed by atoms with Gasteiger partial charge >= 0.3 is 0 Å². The highest BCUT2D eigenvalue weighted by Crippen LogP contribution is 2.24. The fourth-order valence-corrected chi connectivity index (χ4v) is 4.96. The number of pyridine rings is 1. The zero-order valence-electron chi connectivity index (χ0n) is 14.4. The molecule has 0 saturated carbocycles. The maximum Gasteiger partial charge on any atom is 0.244 e. The van der Waals surface area contributed by atoms with E-state index in [2.05, 4.69) is 4.98 Å². The van der Waals surface area contributed by atoms with Gasteiger partial charge in [0.2, 0.25) is 10.0 Å². The zero-order chi connectivity index (χ0) is 18.6. The van der Waals surface area contributed by atoms with Crippen molar-refractivity contribution in [2.75, 3.05) is 26.0 Å². The molecule has 1 saturated heterocycles. The molecule has 26 heavy (non-hydrogen) atoms. The molecule has 0 N–H and O–H groups in total. The molecule has 0 bridgehead atoms. The molecule has 1 aliphatic heterocycles. The second-order valence-electron chi connectivity index (χ2n) is 5.86. The van der Waals surface area contributed by atoms with E-state index in [-0.39, 0.29) is 16.4 Å². The molecule has 1 aliphatic rings. The molecule has 1 aromatic carbocycles. The lowest BCUT2D eigenvalue weighted by Gasteiger charge is -2.15. The summed E-state index contributed by atoms with van der Waals surface area (Å²) in [5.74, 6) is 0.673. The number of para-hydroxylation sites is 1. The SMILES string of the molecule is COc1ccccc1C(=O)CSc1ccc(S(=O)(=O)N2CCCC2)cn1. The van der Waals surface area contributed by atoms with Crippen molar-refractivity contribution in [3.05, 3.63) is 48.2 Å². The molecule has 1 aromatic heterocycles. The third-order valence-corrected chi connectivity index (χ3v) is 7.00. The summed E-state index contributed by atoms with van der Waals surface area (Å²) >= 11 is 1.27. The van der Waals surface area contributed by atoms with Gasteiger partial charge in [0.25, 0.3) is 0 Å². The maximum atomic E-state index is 12.5.